The van der Waals surface area contributed by atoms with E-state index in [0.717, 1.165) is 16.9 Å². The Morgan fingerprint density at radius 1 is 1.00 bits per heavy atom. The number of hydrogen-bond acceptors (Lipinski definition) is 8. The zero-order valence-electron chi connectivity index (χ0n) is 18.7. The molecule has 1 aliphatic rings. The van der Waals surface area contributed by atoms with Gasteiger partial charge >= 0.3 is 5.97 Å². The van der Waals surface area contributed by atoms with Gasteiger partial charge in [-0.15, -0.1) is 0 Å². The number of carbonyl (C=O) groups excluding carboxylic acids is 1. The summed E-state index contributed by atoms with van der Waals surface area (Å²) in [6.07, 6.45) is -1.59. The van der Waals surface area contributed by atoms with E-state index in [1.165, 1.54) is 6.08 Å². The highest BCUT2D eigenvalue weighted by atomic mass is 16.7. The van der Waals surface area contributed by atoms with Gasteiger partial charge in [-0.25, -0.2) is 4.79 Å². The number of rotatable bonds is 11. The van der Waals surface area contributed by atoms with Crippen molar-refractivity contribution in [1.29, 1.82) is 0 Å². The number of esters is 1. The Kier molecular flexibility index (Phi) is 9.81. The molecule has 1 saturated heterocycles. The summed E-state index contributed by atoms with van der Waals surface area (Å²) in [7, 11) is 0. The molecular weight excluding hydrogens is 440 g/mol. The maximum Gasteiger partial charge on any atom is 0.330 e. The van der Waals surface area contributed by atoms with E-state index in [2.05, 4.69) is 6.58 Å². The monoisotopic (exact) mass is 470 g/mol. The molecule has 0 bridgehead atoms. The van der Waals surface area contributed by atoms with Gasteiger partial charge in [-0.1, -0.05) is 55.1 Å². The van der Waals surface area contributed by atoms with Gasteiger partial charge in [-0.2, -0.15) is 0 Å². The van der Waals surface area contributed by atoms with E-state index in [9.17, 15) is 20.1 Å². The molecule has 8 heteroatoms. The molecule has 8 nitrogen and oxygen atoms in total. The van der Waals surface area contributed by atoms with E-state index < -0.39 is 36.7 Å². The number of carbonyl (C=O) groups is 1. The minimum atomic E-state index is -1.51. The summed E-state index contributed by atoms with van der Waals surface area (Å²) in [5.74, 6) is 0.0990. The van der Waals surface area contributed by atoms with Gasteiger partial charge in [0.15, 0.2) is 6.29 Å². The average molecular weight is 471 g/mol. The number of aliphatic hydroxyl groups excluding tert-OH is 3. The van der Waals surface area contributed by atoms with E-state index in [0.29, 0.717) is 13.0 Å². The normalized spacial score (nSPS) is 24.6. The van der Waals surface area contributed by atoms with E-state index in [-0.39, 0.29) is 13.2 Å². The van der Waals surface area contributed by atoms with E-state index in [4.69, 9.17) is 18.9 Å². The Bertz CT molecular complexity index is 928. The van der Waals surface area contributed by atoms with Crippen LogP contribution in [-0.4, -0.2) is 71.8 Å². The van der Waals surface area contributed by atoms with Gasteiger partial charge in [0.1, 0.15) is 43.4 Å². The minimum Gasteiger partial charge on any atom is -0.490 e. The largest absolute Gasteiger partial charge is 0.490 e. The van der Waals surface area contributed by atoms with Crippen LogP contribution in [0, 0.1) is 0 Å². The molecule has 1 fully saturated rings. The molecule has 34 heavy (non-hydrogen) atoms. The van der Waals surface area contributed by atoms with Crippen molar-refractivity contribution in [2.45, 2.75) is 37.1 Å². The van der Waals surface area contributed by atoms with Crippen LogP contribution in [0.4, 0.5) is 0 Å². The zero-order valence-corrected chi connectivity index (χ0v) is 18.7. The van der Waals surface area contributed by atoms with Crippen molar-refractivity contribution in [2.75, 3.05) is 19.8 Å². The molecule has 0 aliphatic carbocycles. The third kappa shape index (κ3) is 7.51. The molecule has 3 N–H and O–H groups in total. The summed E-state index contributed by atoms with van der Waals surface area (Å²) in [5, 5.41) is 30.6. The smallest absolute Gasteiger partial charge is 0.330 e. The van der Waals surface area contributed by atoms with E-state index in [1.54, 1.807) is 12.2 Å². The highest BCUT2D eigenvalue weighted by Crippen LogP contribution is 2.23. The van der Waals surface area contributed by atoms with Crippen LogP contribution in [0.25, 0.3) is 6.08 Å². The third-order valence-electron chi connectivity index (χ3n) is 5.23. The van der Waals surface area contributed by atoms with Gasteiger partial charge in [0.2, 0.25) is 0 Å². The minimum absolute atomic E-state index is 0.198. The number of benzene rings is 2. The van der Waals surface area contributed by atoms with Gasteiger partial charge in [0, 0.05) is 6.08 Å². The Morgan fingerprint density at radius 2 is 1.74 bits per heavy atom. The first kappa shape index (κ1) is 25.6. The second kappa shape index (κ2) is 13.0. The second-order valence-electron chi connectivity index (χ2n) is 7.75. The first-order valence-corrected chi connectivity index (χ1v) is 11.0. The van der Waals surface area contributed by atoms with Gasteiger partial charge < -0.3 is 34.3 Å². The van der Waals surface area contributed by atoms with Crippen LogP contribution in [0.1, 0.15) is 11.1 Å². The highest BCUT2D eigenvalue weighted by molar-refractivity contribution is 5.87. The Balaban J connectivity index is 1.47. The molecule has 1 aliphatic heterocycles. The van der Waals surface area contributed by atoms with Crippen LogP contribution in [-0.2, 0) is 25.4 Å². The van der Waals surface area contributed by atoms with Gasteiger partial charge in [-0.05, 0) is 35.8 Å². The standard InChI is InChI=1S/C26H30O8/c1-2-15-31-20-11-8-19(9-12-20)14-16-32-26-25(30)24(29)23(28)21(34-26)17-33-22(27)13-10-18-6-4-3-5-7-18/h2-13,21,23-26,28-30H,1,14-17H2/b13-10+/t21-,23-,24+,25-,26-/m1/s1. The zero-order chi connectivity index (χ0) is 24.3. The molecule has 5 atom stereocenters. The summed E-state index contributed by atoms with van der Waals surface area (Å²) in [5.41, 5.74) is 1.81. The van der Waals surface area contributed by atoms with Crippen molar-refractivity contribution in [1.82, 2.24) is 0 Å². The molecule has 0 saturated carbocycles. The lowest BCUT2D eigenvalue weighted by Gasteiger charge is -2.39. The SMILES string of the molecule is C=CCOc1ccc(CCO[C@@H]2O[C@H](COC(=O)/C=C/c3ccccc3)[C@@H](O)[C@H](O)[C@H]2O)cc1. The highest BCUT2D eigenvalue weighted by Gasteiger charge is 2.44. The van der Waals surface area contributed by atoms with Gasteiger partial charge in [-0.3, -0.25) is 0 Å². The lowest BCUT2D eigenvalue weighted by Crippen LogP contribution is -2.59. The predicted octanol–water partition coefficient (Wildman–Crippen LogP) is 1.87. The molecule has 0 amide bonds. The van der Waals surface area contributed by atoms with Crippen LogP contribution in [0.15, 0.2) is 73.3 Å². The Morgan fingerprint density at radius 3 is 2.44 bits per heavy atom. The fourth-order valence-electron chi connectivity index (χ4n) is 3.33. The number of ether oxygens (including phenoxy) is 4. The van der Waals surface area contributed by atoms with Gasteiger partial charge in [0.05, 0.1) is 6.61 Å². The summed E-state index contributed by atoms with van der Waals surface area (Å²) in [6, 6.07) is 16.7. The molecule has 2 aromatic rings. The summed E-state index contributed by atoms with van der Waals surface area (Å²) in [6.45, 7) is 3.92. The quantitative estimate of drug-likeness (QED) is 0.259. The predicted molar refractivity (Wildman–Crippen MR) is 125 cm³/mol. The molecule has 0 aromatic heterocycles. The second-order valence-corrected chi connectivity index (χ2v) is 7.75. The molecule has 2 aromatic carbocycles. The van der Waals surface area contributed by atoms with Gasteiger partial charge in [0.25, 0.3) is 0 Å². The van der Waals surface area contributed by atoms with Crippen molar-refractivity contribution >= 4 is 12.0 Å². The van der Waals surface area contributed by atoms with Crippen LogP contribution >= 0.6 is 0 Å². The molecule has 0 unspecified atom stereocenters. The maximum absolute atomic E-state index is 12.0. The Hall–Kier alpha value is -3.01. The number of hydrogen-bond donors (Lipinski definition) is 3. The molecule has 0 radical (unpaired) electrons. The Labute approximate surface area is 198 Å². The average Bonchev–Trinajstić information content (AvgIpc) is 2.87. The topological polar surface area (TPSA) is 115 Å². The van der Waals surface area contributed by atoms with Crippen LogP contribution in [0.5, 0.6) is 5.75 Å². The lowest BCUT2D eigenvalue weighted by molar-refractivity contribution is -0.301. The van der Waals surface area contributed by atoms with E-state index in [1.807, 2.05) is 54.6 Å². The van der Waals surface area contributed by atoms with E-state index >= 15 is 0 Å². The molecular formula is C26H30O8. The van der Waals surface area contributed by atoms with Crippen molar-refractivity contribution in [3.8, 4) is 5.75 Å². The summed E-state index contributed by atoms with van der Waals surface area (Å²) < 4.78 is 21.8. The fraction of sp³-hybridized carbons (Fsp3) is 0.346. The van der Waals surface area contributed by atoms with Crippen molar-refractivity contribution in [3.63, 3.8) is 0 Å². The van der Waals surface area contributed by atoms with Crippen molar-refractivity contribution < 1.29 is 39.1 Å². The first-order valence-electron chi connectivity index (χ1n) is 11.0. The molecule has 3 rings (SSSR count). The lowest BCUT2D eigenvalue weighted by atomic mass is 9.99. The van der Waals surface area contributed by atoms with Crippen molar-refractivity contribution in [2.24, 2.45) is 0 Å². The molecule has 1 heterocycles. The molecule has 182 valence electrons. The van der Waals surface area contributed by atoms with Crippen LogP contribution in [0.2, 0.25) is 0 Å². The molecule has 0 spiro atoms. The third-order valence-corrected chi connectivity index (χ3v) is 5.23. The van der Waals surface area contributed by atoms with Crippen LogP contribution < -0.4 is 4.74 Å². The van der Waals surface area contributed by atoms with Crippen molar-refractivity contribution in [3.05, 3.63) is 84.5 Å². The summed E-state index contributed by atoms with van der Waals surface area (Å²) >= 11 is 0. The maximum atomic E-state index is 12.0. The fourth-order valence-corrected chi connectivity index (χ4v) is 3.33. The number of aliphatic hydroxyl groups is 3. The van der Waals surface area contributed by atoms with Crippen LogP contribution in [0.3, 0.4) is 0 Å². The first-order chi connectivity index (χ1) is 16.5. The summed E-state index contributed by atoms with van der Waals surface area (Å²) in [4.78, 5) is 12.0.